The minimum Gasteiger partial charge on any atom is -0.310 e. The van der Waals surface area contributed by atoms with Crippen molar-refractivity contribution in [1.29, 1.82) is 0 Å². The van der Waals surface area contributed by atoms with Gasteiger partial charge in [0.15, 0.2) is 0 Å². The lowest BCUT2D eigenvalue weighted by atomic mass is 10.1. The van der Waals surface area contributed by atoms with Gasteiger partial charge in [-0.3, -0.25) is 0 Å². The Hall–Kier alpha value is -1.90. The summed E-state index contributed by atoms with van der Waals surface area (Å²) in [6, 6.07) is 21.2. The Morgan fingerprint density at radius 1 is 1.04 bits per heavy atom. The number of hydrogen-bond acceptors (Lipinski definition) is 2. The predicted octanol–water partition coefficient (Wildman–Crippen LogP) is 5.00. The first-order valence-corrected chi connectivity index (χ1v) is 8.41. The van der Waals surface area contributed by atoms with Gasteiger partial charge in [-0.05, 0) is 37.5 Å². The predicted molar refractivity (Wildman–Crippen MR) is 97.8 cm³/mol. The largest absolute Gasteiger partial charge is 0.310 e. The molecule has 0 bridgehead atoms. The van der Waals surface area contributed by atoms with Crippen LogP contribution in [0.25, 0.3) is 10.9 Å². The summed E-state index contributed by atoms with van der Waals surface area (Å²) in [6.07, 6.45) is 2.18. The average molecular weight is 325 g/mol. The summed E-state index contributed by atoms with van der Waals surface area (Å²) in [5, 5.41) is 5.27. The Kier molecular flexibility index (Phi) is 5.27. The van der Waals surface area contributed by atoms with Crippen LogP contribution in [0.3, 0.4) is 0 Å². The second-order valence-corrected chi connectivity index (χ2v) is 6.30. The maximum atomic E-state index is 6.31. The van der Waals surface area contributed by atoms with E-state index < -0.39 is 0 Å². The maximum Gasteiger partial charge on any atom is 0.134 e. The third-order valence-corrected chi connectivity index (χ3v) is 4.43. The highest BCUT2D eigenvalue weighted by atomic mass is 35.5. The Bertz CT molecular complexity index is 771. The van der Waals surface area contributed by atoms with Crippen molar-refractivity contribution in [2.75, 3.05) is 0 Å². The third kappa shape index (κ3) is 4.31. The Labute approximate surface area is 142 Å². The smallest absolute Gasteiger partial charge is 0.134 e. The average Bonchev–Trinajstić information content (AvgIpc) is 2.59. The fraction of sp³-hybridized carbons (Fsp3) is 0.250. The first kappa shape index (κ1) is 16.0. The van der Waals surface area contributed by atoms with E-state index in [0.29, 0.717) is 11.2 Å². The van der Waals surface area contributed by atoms with Gasteiger partial charge in [-0.2, -0.15) is 0 Å². The van der Waals surface area contributed by atoms with Gasteiger partial charge in [0.1, 0.15) is 5.15 Å². The van der Waals surface area contributed by atoms with Crippen molar-refractivity contribution in [2.45, 2.75) is 32.4 Å². The molecule has 0 radical (unpaired) electrons. The molecule has 2 nitrogen and oxygen atoms in total. The molecule has 1 N–H and O–H groups in total. The molecule has 0 saturated carbocycles. The SMILES string of the molecule is CC(CCc1ccccc1)NCc1cc2ccccc2nc1Cl. The van der Waals surface area contributed by atoms with Crippen molar-refractivity contribution >= 4 is 22.5 Å². The van der Waals surface area contributed by atoms with E-state index in [0.717, 1.165) is 35.9 Å². The Morgan fingerprint density at radius 3 is 2.61 bits per heavy atom. The van der Waals surface area contributed by atoms with E-state index in [1.165, 1.54) is 5.56 Å². The molecule has 0 aliphatic carbocycles. The molecule has 1 atom stereocenters. The second kappa shape index (κ2) is 7.58. The molecule has 0 spiro atoms. The number of para-hydroxylation sites is 1. The zero-order chi connectivity index (χ0) is 16.1. The number of rotatable bonds is 6. The van der Waals surface area contributed by atoms with Gasteiger partial charge in [0.2, 0.25) is 0 Å². The van der Waals surface area contributed by atoms with Crippen LogP contribution in [0.4, 0.5) is 0 Å². The van der Waals surface area contributed by atoms with Gasteiger partial charge in [-0.25, -0.2) is 4.98 Å². The monoisotopic (exact) mass is 324 g/mol. The summed E-state index contributed by atoms with van der Waals surface area (Å²) in [5.41, 5.74) is 3.38. The molecule has 1 aromatic heterocycles. The molecule has 0 saturated heterocycles. The van der Waals surface area contributed by atoms with Gasteiger partial charge in [0, 0.05) is 23.5 Å². The minimum absolute atomic E-state index is 0.428. The third-order valence-electron chi connectivity index (χ3n) is 4.10. The molecule has 0 amide bonds. The fourth-order valence-corrected chi connectivity index (χ4v) is 2.89. The van der Waals surface area contributed by atoms with E-state index >= 15 is 0 Å². The van der Waals surface area contributed by atoms with Crippen LogP contribution >= 0.6 is 11.6 Å². The van der Waals surface area contributed by atoms with Crippen LogP contribution in [0.5, 0.6) is 0 Å². The number of benzene rings is 2. The van der Waals surface area contributed by atoms with Crippen LogP contribution in [0, 0.1) is 0 Å². The quantitative estimate of drug-likeness (QED) is 0.645. The first-order valence-electron chi connectivity index (χ1n) is 8.04. The normalized spacial score (nSPS) is 12.4. The number of aromatic nitrogens is 1. The number of hydrogen-bond donors (Lipinski definition) is 1. The zero-order valence-corrected chi connectivity index (χ0v) is 14.1. The van der Waals surface area contributed by atoms with Crippen molar-refractivity contribution < 1.29 is 0 Å². The van der Waals surface area contributed by atoms with E-state index in [2.05, 4.69) is 59.7 Å². The molecular formula is C20H21ClN2. The van der Waals surface area contributed by atoms with Crippen molar-refractivity contribution in [3.63, 3.8) is 0 Å². The van der Waals surface area contributed by atoms with Crippen molar-refractivity contribution in [2.24, 2.45) is 0 Å². The topological polar surface area (TPSA) is 24.9 Å². The number of pyridine rings is 1. The summed E-state index contributed by atoms with van der Waals surface area (Å²) in [7, 11) is 0. The standard InChI is InChI=1S/C20H21ClN2/c1-15(11-12-16-7-3-2-4-8-16)22-14-18-13-17-9-5-6-10-19(17)23-20(18)21/h2-10,13,15,22H,11-12,14H2,1H3. The molecule has 1 heterocycles. The summed E-state index contributed by atoms with van der Waals surface area (Å²) >= 11 is 6.31. The van der Waals surface area contributed by atoms with Crippen LogP contribution in [0.2, 0.25) is 5.15 Å². The first-order chi connectivity index (χ1) is 11.2. The highest BCUT2D eigenvalue weighted by molar-refractivity contribution is 6.30. The number of fused-ring (bicyclic) bond motifs is 1. The van der Waals surface area contributed by atoms with Crippen LogP contribution in [-0.2, 0) is 13.0 Å². The minimum atomic E-state index is 0.428. The molecule has 3 aromatic rings. The van der Waals surface area contributed by atoms with Crippen LogP contribution in [0.1, 0.15) is 24.5 Å². The van der Waals surface area contributed by atoms with E-state index in [9.17, 15) is 0 Å². The second-order valence-electron chi connectivity index (χ2n) is 5.94. The molecule has 2 aromatic carbocycles. The molecule has 0 fully saturated rings. The van der Waals surface area contributed by atoms with Gasteiger partial charge in [-0.15, -0.1) is 0 Å². The summed E-state index contributed by atoms with van der Waals surface area (Å²) in [5.74, 6) is 0. The van der Waals surface area contributed by atoms with Gasteiger partial charge in [0.25, 0.3) is 0 Å². The highest BCUT2D eigenvalue weighted by Crippen LogP contribution is 2.20. The number of aryl methyl sites for hydroxylation is 1. The lowest BCUT2D eigenvalue weighted by Crippen LogP contribution is -2.26. The van der Waals surface area contributed by atoms with Gasteiger partial charge < -0.3 is 5.32 Å². The number of nitrogens with zero attached hydrogens (tertiary/aromatic N) is 1. The van der Waals surface area contributed by atoms with Crippen LogP contribution in [0.15, 0.2) is 60.7 Å². The molecule has 0 aliphatic rings. The zero-order valence-electron chi connectivity index (χ0n) is 13.3. The molecule has 23 heavy (non-hydrogen) atoms. The number of nitrogens with one attached hydrogen (secondary N) is 1. The lowest BCUT2D eigenvalue weighted by molar-refractivity contribution is 0.514. The van der Waals surface area contributed by atoms with E-state index in [-0.39, 0.29) is 0 Å². The van der Waals surface area contributed by atoms with Crippen LogP contribution in [-0.4, -0.2) is 11.0 Å². The number of halogens is 1. The molecule has 1 unspecified atom stereocenters. The van der Waals surface area contributed by atoms with Crippen molar-refractivity contribution in [3.05, 3.63) is 76.9 Å². The van der Waals surface area contributed by atoms with Crippen molar-refractivity contribution in [3.8, 4) is 0 Å². The van der Waals surface area contributed by atoms with Crippen molar-refractivity contribution in [1.82, 2.24) is 10.3 Å². The molecule has 3 heteroatoms. The molecular weight excluding hydrogens is 304 g/mol. The molecule has 0 aliphatic heterocycles. The van der Waals surface area contributed by atoms with E-state index in [1.807, 2.05) is 18.2 Å². The van der Waals surface area contributed by atoms with Gasteiger partial charge in [-0.1, -0.05) is 60.1 Å². The van der Waals surface area contributed by atoms with Gasteiger partial charge >= 0.3 is 0 Å². The highest BCUT2D eigenvalue weighted by Gasteiger charge is 2.07. The van der Waals surface area contributed by atoms with Gasteiger partial charge in [0.05, 0.1) is 5.52 Å². The van der Waals surface area contributed by atoms with Crippen LogP contribution < -0.4 is 5.32 Å². The Balaban J connectivity index is 1.58. The summed E-state index contributed by atoms with van der Waals surface area (Å²) in [6.45, 7) is 2.96. The maximum absolute atomic E-state index is 6.31. The molecule has 118 valence electrons. The fourth-order valence-electron chi connectivity index (χ4n) is 2.67. The molecule has 3 rings (SSSR count). The summed E-state index contributed by atoms with van der Waals surface area (Å²) < 4.78 is 0. The lowest BCUT2D eigenvalue weighted by Gasteiger charge is -2.15. The Morgan fingerprint density at radius 2 is 1.78 bits per heavy atom. The van der Waals surface area contributed by atoms with E-state index in [4.69, 9.17) is 11.6 Å². The van der Waals surface area contributed by atoms with E-state index in [1.54, 1.807) is 0 Å². The summed E-state index contributed by atoms with van der Waals surface area (Å²) in [4.78, 5) is 4.47.